The minimum absolute atomic E-state index is 0.910. The van der Waals surface area contributed by atoms with Crippen LogP contribution >= 0.6 is 7.14 Å². The molecule has 1 nitrogen and oxygen atoms in total. The summed E-state index contributed by atoms with van der Waals surface area (Å²) in [5.74, 6) is 0. The average Bonchev–Trinajstić information content (AvgIpc) is 2.60. The molecule has 0 spiro atoms. The van der Waals surface area contributed by atoms with E-state index in [4.69, 9.17) is 0 Å². The van der Waals surface area contributed by atoms with Gasteiger partial charge in [0.15, 0.2) is 0 Å². The maximum absolute atomic E-state index is 13.7. The Bertz CT molecular complexity index is 1060. The Kier molecular flexibility index (Phi) is 3.32. The molecule has 0 radical (unpaired) electrons. The highest BCUT2D eigenvalue weighted by atomic mass is 31.2. The van der Waals surface area contributed by atoms with E-state index >= 15 is 0 Å². The van der Waals surface area contributed by atoms with Gasteiger partial charge in [0.25, 0.3) is 0 Å². The van der Waals surface area contributed by atoms with E-state index in [-0.39, 0.29) is 0 Å². The van der Waals surface area contributed by atoms with Crippen molar-refractivity contribution in [3.63, 3.8) is 0 Å². The third-order valence-electron chi connectivity index (χ3n) is 4.45. The molecular formula is C21H17OP. The van der Waals surface area contributed by atoms with Gasteiger partial charge in [0, 0.05) is 10.6 Å². The van der Waals surface area contributed by atoms with Crippen molar-refractivity contribution in [1.82, 2.24) is 0 Å². The first-order valence-electron chi connectivity index (χ1n) is 7.71. The molecule has 0 saturated carbocycles. The van der Waals surface area contributed by atoms with Crippen molar-refractivity contribution in [2.75, 3.05) is 6.66 Å². The van der Waals surface area contributed by atoms with Crippen LogP contribution in [0.4, 0.5) is 0 Å². The van der Waals surface area contributed by atoms with Crippen molar-refractivity contribution in [3.05, 3.63) is 84.9 Å². The summed E-state index contributed by atoms with van der Waals surface area (Å²) in [6, 6.07) is 28.5. The third kappa shape index (κ3) is 2.38. The van der Waals surface area contributed by atoms with Gasteiger partial charge >= 0.3 is 0 Å². The van der Waals surface area contributed by atoms with E-state index in [2.05, 4.69) is 42.5 Å². The van der Waals surface area contributed by atoms with Crippen LogP contribution in [0, 0.1) is 0 Å². The Morgan fingerprint density at radius 1 is 0.652 bits per heavy atom. The van der Waals surface area contributed by atoms with Gasteiger partial charge in [-0.2, -0.15) is 0 Å². The molecule has 4 rings (SSSR count). The third-order valence-corrected chi connectivity index (χ3v) is 7.03. The molecule has 2 heteroatoms. The van der Waals surface area contributed by atoms with Crippen LogP contribution in [0.15, 0.2) is 84.9 Å². The quantitative estimate of drug-likeness (QED) is 0.479. The number of rotatable bonds is 2. The Morgan fingerprint density at radius 2 is 1.30 bits per heavy atom. The summed E-state index contributed by atoms with van der Waals surface area (Å²) in [4.78, 5) is 0. The number of benzene rings is 4. The number of hydrogen-bond acceptors (Lipinski definition) is 1. The molecule has 0 aliphatic carbocycles. The Balaban J connectivity index is 1.96. The van der Waals surface area contributed by atoms with E-state index < -0.39 is 7.14 Å². The lowest BCUT2D eigenvalue weighted by Crippen LogP contribution is -2.15. The van der Waals surface area contributed by atoms with Crippen LogP contribution in [0.2, 0.25) is 0 Å². The Hall–Kier alpha value is -2.37. The van der Waals surface area contributed by atoms with E-state index in [0.29, 0.717) is 0 Å². The molecule has 1 atom stereocenters. The van der Waals surface area contributed by atoms with Crippen molar-refractivity contribution < 1.29 is 4.57 Å². The van der Waals surface area contributed by atoms with Crippen molar-refractivity contribution in [1.29, 1.82) is 0 Å². The second-order valence-electron chi connectivity index (χ2n) is 5.95. The lowest BCUT2D eigenvalue weighted by Gasteiger charge is -2.17. The molecule has 0 fully saturated rings. The SMILES string of the molecule is CP(=O)(c1ccc2ccccc2c1)c1cccc2ccccc12. The van der Waals surface area contributed by atoms with E-state index in [1.165, 1.54) is 5.39 Å². The summed E-state index contributed by atoms with van der Waals surface area (Å²) in [5.41, 5.74) is 0. The molecule has 0 N–H and O–H groups in total. The minimum atomic E-state index is -2.65. The summed E-state index contributed by atoms with van der Waals surface area (Å²) >= 11 is 0. The van der Waals surface area contributed by atoms with Crippen LogP contribution in [-0.4, -0.2) is 6.66 Å². The van der Waals surface area contributed by atoms with Gasteiger partial charge in [-0.15, -0.1) is 0 Å². The van der Waals surface area contributed by atoms with Gasteiger partial charge in [0.1, 0.15) is 7.14 Å². The van der Waals surface area contributed by atoms with Gasteiger partial charge in [-0.05, 0) is 34.3 Å². The minimum Gasteiger partial charge on any atom is -0.314 e. The molecular weight excluding hydrogens is 299 g/mol. The molecule has 112 valence electrons. The first-order valence-corrected chi connectivity index (χ1v) is 9.87. The van der Waals surface area contributed by atoms with Gasteiger partial charge in [-0.3, -0.25) is 0 Å². The summed E-state index contributed by atoms with van der Waals surface area (Å²) in [6.45, 7) is 1.87. The van der Waals surface area contributed by atoms with Crippen molar-refractivity contribution in [2.45, 2.75) is 0 Å². The van der Waals surface area contributed by atoms with E-state index in [9.17, 15) is 4.57 Å². The predicted octanol–water partition coefficient (Wildman–Crippen LogP) is 4.94. The Labute approximate surface area is 136 Å². The fourth-order valence-corrected chi connectivity index (χ4v) is 5.22. The van der Waals surface area contributed by atoms with E-state index in [1.54, 1.807) is 0 Å². The standard InChI is InChI=1S/C21H17OP/c1-23(22,19-14-13-16-7-2-3-9-18(16)15-19)21-12-6-10-17-8-4-5-11-20(17)21/h2-15H,1H3. The summed E-state index contributed by atoms with van der Waals surface area (Å²) in [7, 11) is -2.65. The molecule has 0 aromatic heterocycles. The lowest BCUT2D eigenvalue weighted by atomic mass is 10.1. The largest absolute Gasteiger partial charge is 0.314 e. The van der Waals surface area contributed by atoms with Crippen molar-refractivity contribution in [3.8, 4) is 0 Å². The zero-order valence-corrected chi connectivity index (χ0v) is 13.8. The van der Waals surface area contributed by atoms with E-state index in [1.807, 2.05) is 49.1 Å². The highest BCUT2D eigenvalue weighted by molar-refractivity contribution is 7.78. The van der Waals surface area contributed by atoms with E-state index in [0.717, 1.165) is 26.8 Å². The molecule has 0 aliphatic heterocycles. The van der Waals surface area contributed by atoms with Crippen molar-refractivity contribution in [2.24, 2.45) is 0 Å². The average molecular weight is 316 g/mol. The fourth-order valence-electron chi connectivity index (χ4n) is 3.16. The molecule has 0 aliphatic rings. The second-order valence-corrected chi connectivity index (χ2v) is 8.80. The summed E-state index contributed by atoms with van der Waals surface area (Å²) < 4.78 is 13.7. The van der Waals surface area contributed by atoms with Crippen LogP contribution in [0.1, 0.15) is 0 Å². The molecule has 4 aromatic rings. The molecule has 0 amide bonds. The van der Waals surface area contributed by atoms with Gasteiger partial charge < -0.3 is 4.57 Å². The normalized spacial score (nSPS) is 14.0. The Morgan fingerprint density at radius 3 is 2.13 bits per heavy atom. The van der Waals surface area contributed by atoms with Crippen LogP contribution in [0.3, 0.4) is 0 Å². The fraction of sp³-hybridized carbons (Fsp3) is 0.0476. The molecule has 0 bridgehead atoms. The highest BCUT2D eigenvalue weighted by Gasteiger charge is 2.23. The van der Waals surface area contributed by atoms with Crippen LogP contribution < -0.4 is 10.6 Å². The van der Waals surface area contributed by atoms with Crippen LogP contribution in [0.25, 0.3) is 21.5 Å². The van der Waals surface area contributed by atoms with Gasteiger partial charge in [-0.1, -0.05) is 78.9 Å². The number of fused-ring (bicyclic) bond motifs is 2. The first kappa shape index (κ1) is 14.2. The van der Waals surface area contributed by atoms with Gasteiger partial charge in [0.2, 0.25) is 0 Å². The molecule has 0 heterocycles. The van der Waals surface area contributed by atoms with Crippen LogP contribution in [0.5, 0.6) is 0 Å². The maximum Gasteiger partial charge on any atom is 0.140 e. The zero-order chi connectivity index (χ0) is 15.9. The predicted molar refractivity (Wildman–Crippen MR) is 101 cm³/mol. The second kappa shape index (κ2) is 5.37. The molecule has 4 aromatic carbocycles. The van der Waals surface area contributed by atoms with Gasteiger partial charge in [0.05, 0.1) is 0 Å². The van der Waals surface area contributed by atoms with Crippen molar-refractivity contribution >= 4 is 39.3 Å². The highest BCUT2D eigenvalue weighted by Crippen LogP contribution is 2.41. The lowest BCUT2D eigenvalue weighted by molar-refractivity contribution is 0.590. The maximum atomic E-state index is 13.7. The zero-order valence-electron chi connectivity index (χ0n) is 12.9. The van der Waals surface area contributed by atoms with Crippen LogP contribution in [-0.2, 0) is 4.57 Å². The summed E-state index contributed by atoms with van der Waals surface area (Å²) in [5, 5.41) is 6.36. The monoisotopic (exact) mass is 316 g/mol. The topological polar surface area (TPSA) is 17.1 Å². The summed E-state index contributed by atoms with van der Waals surface area (Å²) in [6.07, 6.45) is 0. The number of hydrogen-bond donors (Lipinski definition) is 0. The molecule has 0 saturated heterocycles. The smallest absolute Gasteiger partial charge is 0.140 e. The molecule has 1 unspecified atom stereocenters. The first-order chi connectivity index (χ1) is 11.2. The van der Waals surface area contributed by atoms with Gasteiger partial charge in [-0.25, -0.2) is 0 Å². The molecule has 23 heavy (non-hydrogen) atoms.